The Morgan fingerprint density at radius 3 is 2.83 bits per heavy atom. The van der Waals surface area contributed by atoms with E-state index in [4.69, 9.17) is 9.47 Å². The number of ketones is 1. The molecule has 0 saturated carbocycles. The molecule has 0 amide bonds. The first kappa shape index (κ1) is 16.9. The molecule has 4 heteroatoms. The van der Waals surface area contributed by atoms with Crippen molar-refractivity contribution in [3.63, 3.8) is 0 Å². The predicted octanol–water partition coefficient (Wildman–Crippen LogP) is 3.61. The SMILES string of the molecule is C=CCOc1cc(C(=O)CN2C(C)=CC=CC2C)ccc1OC. The second-order valence-corrected chi connectivity index (χ2v) is 5.45. The van der Waals surface area contributed by atoms with Crippen LogP contribution in [0.3, 0.4) is 0 Å². The minimum Gasteiger partial charge on any atom is -0.493 e. The molecule has 0 N–H and O–H groups in total. The minimum atomic E-state index is 0.0472. The van der Waals surface area contributed by atoms with Crippen LogP contribution in [0.1, 0.15) is 24.2 Å². The fraction of sp³-hybridized carbons (Fsp3) is 0.316. The van der Waals surface area contributed by atoms with Gasteiger partial charge in [-0.05, 0) is 38.1 Å². The summed E-state index contributed by atoms with van der Waals surface area (Å²) in [5.74, 6) is 1.21. The number of allylic oxidation sites excluding steroid dienone is 3. The van der Waals surface area contributed by atoms with E-state index in [2.05, 4.69) is 24.5 Å². The molecule has 122 valence electrons. The van der Waals surface area contributed by atoms with Crippen LogP contribution in [0.4, 0.5) is 0 Å². The molecule has 1 unspecified atom stereocenters. The summed E-state index contributed by atoms with van der Waals surface area (Å²) in [7, 11) is 1.58. The largest absolute Gasteiger partial charge is 0.493 e. The zero-order valence-corrected chi connectivity index (χ0v) is 13.9. The van der Waals surface area contributed by atoms with Crippen LogP contribution in [-0.4, -0.2) is 37.0 Å². The average molecular weight is 313 g/mol. The number of rotatable bonds is 7. The third-order valence-corrected chi connectivity index (χ3v) is 3.83. The Bertz CT molecular complexity index is 646. The van der Waals surface area contributed by atoms with E-state index < -0.39 is 0 Å². The summed E-state index contributed by atoms with van der Waals surface area (Å²) >= 11 is 0. The topological polar surface area (TPSA) is 38.8 Å². The highest BCUT2D eigenvalue weighted by Gasteiger charge is 2.19. The maximum Gasteiger partial charge on any atom is 0.182 e. The Balaban J connectivity index is 2.17. The first-order valence-electron chi connectivity index (χ1n) is 7.63. The monoisotopic (exact) mass is 313 g/mol. The maximum absolute atomic E-state index is 12.6. The molecule has 4 nitrogen and oxygen atoms in total. The zero-order valence-electron chi connectivity index (χ0n) is 13.9. The zero-order chi connectivity index (χ0) is 16.8. The van der Waals surface area contributed by atoms with Crippen LogP contribution < -0.4 is 9.47 Å². The summed E-state index contributed by atoms with van der Waals surface area (Å²) in [5, 5.41) is 0. The van der Waals surface area contributed by atoms with Crippen LogP contribution in [0.5, 0.6) is 11.5 Å². The third-order valence-electron chi connectivity index (χ3n) is 3.83. The van der Waals surface area contributed by atoms with Crippen molar-refractivity contribution in [3.8, 4) is 11.5 Å². The van der Waals surface area contributed by atoms with E-state index in [9.17, 15) is 4.79 Å². The van der Waals surface area contributed by atoms with Crippen molar-refractivity contribution in [1.82, 2.24) is 4.90 Å². The second-order valence-electron chi connectivity index (χ2n) is 5.45. The van der Waals surface area contributed by atoms with Gasteiger partial charge in [0.25, 0.3) is 0 Å². The van der Waals surface area contributed by atoms with Gasteiger partial charge in [0, 0.05) is 17.3 Å². The van der Waals surface area contributed by atoms with Gasteiger partial charge in [-0.2, -0.15) is 0 Å². The van der Waals surface area contributed by atoms with Crippen LogP contribution in [0.25, 0.3) is 0 Å². The molecule has 2 rings (SSSR count). The number of carbonyl (C=O) groups is 1. The standard InChI is InChI=1S/C19H23NO3/c1-5-11-23-19-12-16(9-10-18(19)22-4)17(21)13-20-14(2)7-6-8-15(20)3/h5-10,12,14H,1,11,13H2,2-4H3. The molecule has 1 aliphatic rings. The first-order valence-corrected chi connectivity index (χ1v) is 7.63. The molecule has 0 radical (unpaired) electrons. The Morgan fingerprint density at radius 1 is 1.39 bits per heavy atom. The summed E-state index contributed by atoms with van der Waals surface area (Å²) in [4.78, 5) is 14.7. The molecule has 0 fully saturated rings. The maximum atomic E-state index is 12.6. The molecule has 1 atom stereocenters. The van der Waals surface area contributed by atoms with Crippen LogP contribution in [0.15, 0.2) is 54.8 Å². The van der Waals surface area contributed by atoms with Gasteiger partial charge < -0.3 is 14.4 Å². The van der Waals surface area contributed by atoms with Crippen molar-refractivity contribution in [2.45, 2.75) is 19.9 Å². The Morgan fingerprint density at radius 2 is 2.17 bits per heavy atom. The number of Topliss-reactive ketones (excluding diaryl/α,β-unsaturated/α-hetero) is 1. The smallest absolute Gasteiger partial charge is 0.182 e. The highest BCUT2D eigenvalue weighted by atomic mass is 16.5. The molecule has 23 heavy (non-hydrogen) atoms. The van der Waals surface area contributed by atoms with Gasteiger partial charge in [0.05, 0.1) is 13.7 Å². The molecule has 0 spiro atoms. The number of carbonyl (C=O) groups excluding carboxylic acids is 1. The van der Waals surface area contributed by atoms with E-state index in [1.54, 1.807) is 31.4 Å². The van der Waals surface area contributed by atoms with Gasteiger partial charge in [-0.1, -0.05) is 24.8 Å². The lowest BCUT2D eigenvalue weighted by Crippen LogP contribution is -2.36. The number of benzene rings is 1. The lowest BCUT2D eigenvalue weighted by Gasteiger charge is -2.31. The van der Waals surface area contributed by atoms with Crippen LogP contribution in [0.2, 0.25) is 0 Å². The van der Waals surface area contributed by atoms with Crippen LogP contribution in [0, 0.1) is 0 Å². The van der Waals surface area contributed by atoms with Crippen molar-refractivity contribution in [3.05, 3.63) is 60.3 Å². The molecule has 0 aromatic heterocycles. The lowest BCUT2D eigenvalue weighted by molar-refractivity contribution is 0.0938. The van der Waals surface area contributed by atoms with Gasteiger partial charge in [-0.15, -0.1) is 0 Å². The summed E-state index contributed by atoms with van der Waals surface area (Å²) < 4.78 is 10.8. The van der Waals surface area contributed by atoms with E-state index >= 15 is 0 Å². The molecule has 0 saturated heterocycles. The molecular formula is C19H23NO3. The molecule has 0 bridgehead atoms. The van der Waals surface area contributed by atoms with E-state index in [0.29, 0.717) is 30.2 Å². The van der Waals surface area contributed by atoms with Gasteiger partial charge in [-0.25, -0.2) is 0 Å². The molecule has 1 aliphatic heterocycles. The normalized spacial score (nSPS) is 16.7. The number of nitrogens with zero attached hydrogens (tertiary/aromatic N) is 1. The summed E-state index contributed by atoms with van der Waals surface area (Å²) in [6, 6.07) is 5.46. The summed E-state index contributed by atoms with van der Waals surface area (Å²) in [5.41, 5.74) is 1.70. The van der Waals surface area contributed by atoms with Crippen LogP contribution in [-0.2, 0) is 0 Å². The minimum absolute atomic E-state index is 0.0472. The number of hydrogen-bond acceptors (Lipinski definition) is 4. The van der Waals surface area contributed by atoms with Gasteiger partial charge in [0.1, 0.15) is 6.61 Å². The van der Waals surface area contributed by atoms with Gasteiger partial charge in [0.2, 0.25) is 0 Å². The van der Waals surface area contributed by atoms with Gasteiger partial charge in [-0.3, -0.25) is 4.79 Å². The second kappa shape index (κ2) is 7.68. The first-order chi connectivity index (χ1) is 11.1. The van der Waals surface area contributed by atoms with Crippen molar-refractivity contribution in [2.75, 3.05) is 20.3 Å². The molecular weight excluding hydrogens is 290 g/mol. The van der Waals surface area contributed by atoms with E-state index in [-0.39, 0.29) is 11.8 Å². The quantitative estimate of drug-likeness (QED) is 0.569. The number of hydrogen-bond donors (Lipinski definition) is 0. The lowest BCUT2D eigenvalue weighted by atomic mass is 10.1. The third kappa shape index (κ3) is 4.03. The Hall–Kier alpha value is -2.49. The predicted molar refractivity (Wildman–Crippen MR) is 92.1 cm³/mol. The fourth-order valence-corrected chi connectivity index (χ4v) is 2.50. The highest BCUT2D eigenvalue weighted by molar-refractivity contribution is 5.98. The van der Waals surface area contributed by atoms with E-state index in [0.717, 1.165) is 5.70 Å². The fourth-order valence-electron chi connectivity index (χ4n) is 2.50. The van der Waals surface area contributed by atoms with Gasteiger partial charge in [0.15, 0.2) is 17.3 Å². The van der Waals surface area contributed by atoms with E-state index in [1.807, 2.05) is 19.1 Å². The van der Waals surface area contributed by atoms with Crippen molar-refractivity contribution in [2.24, 2.45) is 0 Å². The highest BCUT2D eigenvalue weighted by Crippen LogP contribution is 2.28. The molecule has 1 aromatic carbocycles. The van der Waals surface area contributed by atoms with Crippen molar-refractivity contribution >= 4 is 5.78 Å². The molecule has 1 heterocycles. The summed E-state index contributed by atoms with van der Waals surface area (Å²) in [6.07, 6.45) is 7.77. The molecule has 0 aliphatic carbocycles. The Labute approximate surface area is 137 Å². The van der Waals surface area contributed by atoms with Crippen LogP contribution >= 0.6 is 0 Å². The molecule has 1 aromatic rings. The van der Waals surface area contributed by atoms with Gasteiger partial charge >= 0.3 is 0 Å². The van der Waals surface area contributed by atoms with Crippen molar-refractivity contribution < 1.29 is 14.3 Å². The Kier molecular flexibility index (Phi) is 5.63. The number of ether oxygens (including phenoxy) is 2. The average Bonchev–Trinajstić information content (AvgIpc) is 2.56. The van der Waals surface area contributed by atoms with E-state index in [1.165, 1.54) is 0 Å². The van der Waals surface area contributed by atoms with Crippen molar-refractivity contribution in [1.29, 1.82) is 0 Å². The number of methoxy groups -OCH3 is 1. The summed E-state index contributed by atoms with van der Waals surface area (Å²) in [6.45, 7) is 8.42.